The average Bonchev–Trinajstić information content (AvgIpc) is 1.83. The SMILES string of the molecule is C=C(C)OP(=O)(O)O.C=CC(=O)O. The molecule has 0 aromatic carbocycles. The van der Waals surface area contributed by atoms with Gasteiger partial charge in [0.15, 0.2) is 0 Å². The Hall–Kier alpha value is -1.10. The molecule has 0 aromatic rings. The van der Waals surface area contributed by atoms with Crippen LogP contribution in [0.4, 0.5) is 0 Å². The lowest BCUT2D eigenvalue weighted by Gasteiger charge is -2.03. The van der Waals surface area contributed by atoms with Crippen LogP contribution in [-0.4, -0.2) is 20.9 Å². The van der Waals surface area contributed by atoms with Gasteiger partial charge in [0.2, 0.25) is 0 Å². The van der Waals surface area contributed by atoms with Gasteiger partial charge in [-0.1, -0.05) is 13.2 Å². The predicted octanol–water partition coefficient (Wildman–Crippen LogP) is 0.886. The first-order valence-corrected chi connectivity index (χ1v) is 4.48. The summed E-state index contributed by atoms with van der Waals surface area (Å²) < 4.78 is 13.8. The van der Waals surface area contributed by atoms with Crippen LogP contribution in [0.5, 0.6) is 0 Å². The molecule has 13 heavy (non-hydrogen) atoms. The largest absolute Gasteiger partial charge is 0.524 e. The molecule has 0 aliphatic carbocycles. The number of allylic oxidation sites excluding steroid dienone is 1. The summed E-state index contributed by atoms with van der Waals surface area (Å²) in [5.41, 5.74) is 0. The monoisotopic (exact) mass is 210 g/mol. The first-order valence-electron chi connectivity index (χ1n) is 2.95. The number of phosphoric acid groups is 1. The maximum Gasteiger partial charge on any atom is 0.524 e. The molecule has 6 nitrogen and oxygen atoms in total. The van der Waals surface area contributed by atoms with Crippen LogP contribution in [0.25, 0.3) is 0 Å². The van der Waals surface area contributed by atoms with Crippen LogP contribution in [0.1, 0.15) is 6.92 Å². The van der Waals surface area contributed by atoms with Gasteiger partial charge in [-0.05, 0) is 6.92 Å². The highest BCUT2D eigenvalue weighted by molar-refractivity contribution is 7.46. The van der Waals surface area contributed by atoms with E-state index in [2.05, 4.69) is 17.7 Å². The van der Waals surface area contributed by atoms with Crippen LogP contribution in [0.2, 0.25) is 0 Å². The van der Waals surface area contributed by atoms with Crippen LogP contribution >= 0.6 is 7.82 Å². The van der Waals surface area contributed by atoms with Crippen molar-refractivity contribution in [1.29, 1.82) is 0 Å². The second-order valence-corrected chi connectivity index (χ2v) is 2.99. The van der Waals surface area contributed by atoms with Gasteiger partial charge in [-0.2, -0.15) is 0 Å². The Morgan fingerprint density at radius 2 is 1.85 bits per heavy atom. The van der Waals surface area contributed by atoms with E-state index >= 15 is 0 Å². The normalized spacial score (nSPS) is 9.15. The lowest BCUT2D eigenvalue weighted by molar-refractivity contribution is -0.131. The Bertz CT molecular complexity index is 240. The van der Waals surface area contributed by atoms with Crippen LogP contribution in [-0.2, 0) is 13.9 Å². The maximum absolute atomic E-state index is 9.85. The molecule has 0 unspecified atom stereocenters. The van der Waals surface area contributed by atoms with Gasteiger partial charge in [0.1, 0.15) is 0 Å². The fourth-order valence-electron chi connectivity index (χ4n) is 0.203. The molecule has 7 heteroatoms. The van der Waals surface area contributed by atoms with Crippen molar-refractivity contribution in [3.05, 3.63) is 25.0 Å². The van der Waals surface area contributed by atoms with Crippen molar-refractivity contribution >= 4 is 13.8 Å². The number of carboxylic acid groups (broad SMARTS) is 1. The highest BCUT2D eigenvalue weighted by atomic mass is 31.2. The zero-order valence-electron chi connectivity index (χ0n) is 7.01. The molecule has 0 atom stereocenters. The second-order valence-electron chi connectivity index (χ2n) is 1.83. The molecule has 0 radical (unpaired) electrons. The molecule has 0 heterocycles. The van der Waals surface area contributed by atoms with Crippen molar-refractivity contribution in [2.75, 3.05) is 0 Å². The van der Waals surface area contributed by atoms with Crippen molar-refractivity contribution in [3.63, 3.8) is 0 Å². The molecule has 0 fully saturated rings. The minimum atomic E-state index is -4.32. The van der Waals surface area contributed by atoms with Crippen molar-refractivity contribution in [2.24, 2.45) is 0 Å². The third-order valence-electron chi connectivity index (χ3n) is 0.449. The molecule has 0 saturated heterocycles. The lowest BCUT2D eigenvalue weighted by atomic mass is 10.7. The topological polar surface area (TPSA) is 104 Å². The molecule has 0 aliphatic rings. The molecule has 0 saturated carbocycles. The van der Waals surface area contributed by atoms with Crippen molar-refractivity contribution in [1.82, 2.24) is 0 Å². The molecule has 76 valence electrons. The third kappa shape index (κ3) is 24.8. The number of carboxylic acids is 1. The van der Waals surface area contributed by atoms with Crippen LogP contribution in [0, 0.1) is 0 Å². The molecule has 0 bridgehead atoms. The van der Waals surface area contributed by atoms with E-state index in [1.54, 1.807) is 0 Å². The van der Waals surface area contributed by atoms with Gasteiger partial charge in [0.05, 0.1) is 5.76 Å². The Labute approximate surface area is 75.4 Å². The molecule has 0 spiro atoms. The van der Waals surface area contributed by atoms with E-state index in [4.69, 9.17) is 14.9 Å². The summed E-state index contributed by atoms with van der Waals surface area (Å²) in [4.78, 5) is 25.3. The van der Waals surface area contributed by atoms with E-state index in [-0.39, 0.29) is 5.76 Å². The number of rotatable bonds is 3. The zero-order chi connectivity index (χ0) is 11.1. The van der Waals surface area contributed by atoms with E-state index < -0.39 is 13.8 Å². The Kier molecular flexibility index (Phi) is 7.12. The van der Waals surface area contributed by atoms with Gasteiger partial charge < -0.3 is 9.63 Å². The minimum Gasteiger partial charge on any atom is -0.478 e. The van der Waals surface area contributed by atoms with Crippen LogP contribution in [0.15, 0.2) is 25.0 Å². The van der Waals surface area contributed by atoms with Gasteiger partial charge in [-0.25, -0.2) is 9.36 Å². The summed E-state index contributed by atoms with van der Waals surface area (Å²) >= 11 is 0. The Balaban J connectivity index is 0. The Morgan fingerprint density at radius 1 is 1.54 bits per heavy atom. The van der Waals surface area contributed by atoms with E-state index in [0.29, 0.717) is 0 Å². The number of carbonyl (C=O) groups is 1. The van der Waals surface area contributed by atoms with Gasteiger partial charge in [-0.3, -0.25) is 9.79 Å². The number of hydrogen-bond donors (Lipinski definition) is 3. The quantitative estimate of drug-likeness (QED) is 0.363. The van der Waals surface area contributed by atoms with Crippen LogP contribution in [0.3, 0.4) is 0 Å². The van der Waals surface area contributed by atoms with Gasteiger partial charge >= 0.3 is 13.8 Å². The molecule has 3 N–H and O–H groups in total. The smallest absolute Gasteiger partial charge is 0.478 e. The van der Waals surface area contributed by atoms with E-state index in [0.717, 1.165) is 6.08 Å². The third-order valence-corrected chi connectivity index (χ3v) is 0.999. The maximum atomic E-state index is 9.85. The summed E-state index contributed by atoms with van der Waals surface area (Å²) in [6.45, 7) is 7.45. The highest BCUT2D eigenvalue weighted by Gasteiger charge is 2.13. The van der Waals surface area contributed by atoms with E-state index in [1.807, 2.05) is 0 Å². The van der Waals surface area contributed by atoms with Crippen LogP contribution < -0.4 is 0 Å². The lowest BCUT2D eigenvalue weighted by Crippen LogP contribution is -1.82. The summed E-state index contributed by atoms with van der Waals surface area (Å²) in [5.74, 6) is -0.969. The minimum absolute atomic E-state index is 0.0123. The first kappa shape index (κ1) is 14.4. The summed E-state index contributed by atoms with van der Waals surface area (Å²) in [6, 6.07) is 0. The van der Waals surface area contributed by atoms with Gasteiger partial charge in [0.25, 0.3) is 0 Å². The molecule has 0 aromatic heterocycles. The number of phosphoric ester groups is 1. The van der Waals surface area contributed by atoms with Gasteiger partial charge in [0, 0.05) is 6.08 Å². The fourth-order valence-corrected chi connectivity index (χ4v) is 0.609. The number of hydrogen-bond acceptors (Lipinski definition) is 3. The molecule has 0 aliphatic heterocycles. The predicted molar refractivity (Wildman–Crippen MR) is 45.8 cm³/mol. The second kappa shape index (κ2) is 6.42. The average molecular weight is 210 g/mol. The zero-order valence-corrected chi connectivity index (χ0v) is 7.90. The van der Waals surface area contributed by atoms with Crippen molar-refractivity contribution in [3.8, 4) is 0 Å². The molecule has 0 rings (SSSR count). The molecular weight excluding hydrogens is 199 g/mol. The highest BCUT2D eigenvalue weighted by Crippen LogP contribution is 2.37. The molecular formula is C6H11O6P. The summed E-state index contributed by atoms with van der Waals surface area (Å²) in [5, 5.41) is 7.60. The number of aliphatic carboxylic acids is 1. The first-order chi connectivity index (χ1) is 5.69. The standard InChI is InChI=1S/C3H7O4P.C3H4O2/c1-3(2)7-8(4,5)6;1-2-3(4)5/h1H2,2H3,(H2,4,5,6);2H,1H2,(H,4,5). The van der Waals surface area contributed by atoms with E-state index in [1.165, 1.54) is 6.92 Å². The van der Waals surface area contributed by atoms with Gasteiger partial charge in [-0.15, -0.1) is 0 Å². The Morgan fingerprint density at radius 3 is 1.85 bits per heavy atom. The fraction of sp³-hybridized carbons (Fsp3) is 0.167. The molecule has 0 amide bonds. The van der Waals surface area contributed by atoms with Crippen molar-refractivity contribution in [2.45, 2.75) is 6.92 Å². The van der Waals surface area contributed by atoms with Crippen molar-refractivity contribution < 1.29 is 28.8 Å². The van der Waals surface area contributed by atoms with E-state index in [9.17, 15) is 9.36 Å². The summed E-state index contributed by atoms with van der Waals surface area (Å²) in [7, 11) is -4.32. The summed E-state index contributed by atoms with van der Waals surface area (Å²) in [6.07, 6.45) is 0.833.